The summed E-state index contributed by atoms with van der Waals surface area (Å²) < 4.78 is 1.78. The minimum atomic E-state index is -1.12. The van der Waals surface area contributed by atoms with Crippen LogP contribution in [-0.2, 0) is 34.4 Å². The fraction of sp³-hybridized carbons (Fsp3) is 0.379. The number of benzene rings is 2. The zero-order valence-electron chi connectivity index (χ0n) is 23.0. The van der Waals surface area contributed by atoms with Gasteiger partial charge in [0.15, 0.2) is 0 Å². The number of carbonyl (C=O) groups excluding carboxylic acids is 3. The van der Waals surface area contributed by atoms with Crippen LogP contribution in [0.2, 0.25) is 0 Å². The first-order chi connectivity index (χ1) is 19.3. The molecule has 214 valence electrons. The average Bonchev–Trinajstić information content (AvgIpc) is 3.40. The maximum Gasteiger partial charge on any atom is 0.242 e. The summed E-state index contributed by atoms with van der Waals surface area (Å²) in [5.41, 5.74) is 21.1. The Morgan fingerprint density at radius 3 is 2.30 bits per heavy atom. The first-order valence-electron chi connectivity index (χ1n) is 13.4. The summed E-state index contributed by atoms with van der Waals surface area (Å²) in [7, 11) is 1.87. The number of nitrogens with one attached hydrogen (secondary N) is 2. The van der Waals surface area contributed by atoms with Crippen molar-refractivity contribution >= 4 is 17.7 Å². The summed E-state index contributed by atoms with van der Waals surface area (Å²) in [6.45, 7) is 1.49. The third-order valence-electron chi connectivity index (χ3n) is 6.59. The molecule has 0 aliphatic heterocycles. The van der Waals surface area contributed by atoms with E-state index < -0.39 is 18.0 Å². The number of nitrogens with two attached hydrogens (primary N) is 3. The average molecular weight is 549 g/mol. The second-order valence-corrected chi connectivity index (χ2v) is 9.61. The zero-order chi connectivity index (χ0) is 28.9. The van der Waals surface area contributed by atoms with Gasteiger partial charge in [-0.05, 0) is 36.1 Å². The van der Waals surface area contributed by atoms with Crippen LogP contribution in [0.1, 0.15) is 24.0 Å². The van der Waals surface area contributed by atoms with Gasteiger partial charge in [0.25, 0.3) is 0 Å². The molecular weight excluding hydrogens is 508 g/mol. The minimum absolute atomic E-state index is 0.209. The molecule has 0 bridgehead atoms. The number of nitrogens with zero attached hydrogens (tertiary/aromatic N) is 3. The maximum atomic E-state index is 13.3. The van der Waals surface area contributed by atoms with E-state index >= 15 is 0 Å². The molecule has 3 aromatic rings. The SMILES string of the molecule is Cn1nccc1-c1cccc(CNC(=O)C(CCc2ccccc2)NC(=O)C(N)CC(=O)N(CCN)CCN)c1. The molecule has 2 atom stereocenters. The topological polar surface area (TPSA) is 174 Å². The summed E-state index contributed by atoms with van der Waals surface area (Å²) in [5, 5.41) is 9.92. The maximum absolute atomic E-state index is 13.3. The number of aromatic nitrogens is 2. The number of amides is 3. The Hall–Kier alpha value is -4.06. The number of hydrogen-bond acceptors (Lipinski definition) is 7. The van der Waals surface area contributed by atoms with Crippen LogP contribution in [0.4, 0.5) is 0 Å². The molecule has 3 amide bonds. The van der Waals surface area contributed by atoms with E-state index in [1.165, 1.54) is 4.90 Å². The Kier molecular flexibility index (Phi) is 11.8. The van der Waals surface area contributed by atoms with Crippen LogP contribution in [-0.4, -0.2) is 70.7 Å². The normalized spacial score (nSPS) is 12.4. The molecule has 2 unspecified atom stereocenters. The molecule has 40 heavy (non-hydrogen) atoms. The number of aryl methyl sites for hydroxylation is 2. The molecule has 0 fully saturated rings. The minimum Gasteiger partial charge on any atom is -0.350 e. The summed E-state index contributed by atoms with van der Waals surface area (Å²) in [6, 6.07) is 17.5. The molecule has 0 aliphatic rings. The number of hydrogen-bond donors (Lipinski definition) is 5. The van der Waals surface area contributed by atoms with Gasteiger partial charge >= 0.3 is 0 Å². The Balaban J connectivity index is 1.66. The van der Waals surface area contributed by atoms with Gasteiger partial charge in [0.2, 0.25) is 17.7 Å². The summed E-state index contributed by atoms with van der Waals surface area (Å²) in [4.78, 5) is 40.4. The highest BCUT2D eigenvalue weighted by Crippen LogP contribution is 2.19. The van der Waals surface area contributed by atoms with Gasteiger partial charge < -0.3 is 32.7 Å². The lowest BCUT2D eigenvalue weighted by Gasteiger charge is -2.24. The molecule has 0 saturated heterocycles. The third kappa shape index (κ3) is 9.01. The molecule has 2 aromatic carbocycles. The molecule has 11 nitrogen and oxygen atoms in total. The molecule has 0 saturated carbocycles. The number of carbonyl (C=O) groups is 3. The van der Waals surface area contributed by atoms with Gasteiger partial charge in [-0.3, -0.25) is 19.1 Å². The molecular formula is C29H40N8O3. The molecule has 0 spiro atoms. The van der Waals surface area contributed by atoms with Gasteiger partial charge in [0, 0.05) is 51.5 Å². The van der Waals surface area contributed by atoms with Gasteiger partial charge in [0.05, 0.1) is 18.2 Å². The van der Waals surface area contributed by atoms with E-state index in [0.717, 1.165) is 22.4 Å². The van der Waals surface area contributed by atoms with Crippen LogP contribution in [0, 0.1) is 0 Å². The van der Waals surface area contributed by atoms with E-state index in [9.17, 15) is 14.4 Å². The van der Waals surface area contributed by atoms with E-state index in [2.05, 4.69) is 15.7 Å². The van der Waals surface area contributed by atoms with Crippen molar-refractivity contribution in [3.63, 3.8) is 0 Å². The Morgan fingerprint density at radius 2 is 1.65 bits per heavy atom. The first-order valence-corrected chi connectivity index (χ1v) is 13.4. The lowest BCUT2D eigenvalue weighted by Crippen LogP contribution is -2.53. The predicted octanol–water partition coefficient (Wildman–Crippen LogP) is 0.284. The van der Waals surface area contributed by atoms with Crippen LogP contribution < -0.4 is 27.8 Å². The molecule has 11 heteroatoms. The van der Waals surface area contributed by atoms with Gasteiger partial charge in [-0.2, -0.15) is 5.10 Å². The molecule has 0 aliphatic carbocycles. The molecule has 0 radical (unpaired) electrons. The van der Waals surface area contributed by atoms with Crippen LogP contribution in [0.25, 0.3) is 11.3 Å². The van der Waals surface area contributed by atoms with E-state index in [0.29, 0.717) is 25.9 Å². The summed E-state index contributed by atoms with van der Waals surface area (Å²) >= 11 is 0. The zero-order valence-corrected chi connectivity index (χ0v) is 23.0. The monoisotopic (exact) mass is 548 g/mol. The Morgan fingerprint density at radius 1 is 0.950 bits per heavy atom. The van der Waals surface area contributed by atoms with E-state index in [1.807, 2.05) is 67.7 Å². The highest BCUT2D eigenvalue weighted by molar-refractivity contribution is 5.92. The fourth-order valence-corrected chi connectivity index (χ4v) is 4.40. The van der Waals surface area contributed by atoms with Crippen molar-refractivity contribution in [2.45, 2.75) is 37.9 Å². The molecule has 1 heterocycles. The van der Waals surface area contributed by atoms with E-state index in [-0.39, 0.29) is 37.9 Å². The van der Waals surface area contributed by atoms with Crippen LogP contribution in [0.15, 0.2) is 66.9 Å². The van der Waals surface area contributed by atoms with Crippen LogP contribution in [0.3, 0.4) is 0 Å². The lowest BCUT2D eigenvalue weighted by atomic mass is 10.0. The van der Waals surface area contributed by atoms with Crippen molar-refractivity contribution in [3.05, 3.63) is 78.0 Å². The van der Waals surface area contributed by atoms with Gasteiger partial charge in [0.1, 0.15) is 6.04 Å². The van der Waals surface area contributed by atoms with Gasteiger partial charge in [-0.25, -0.2) is 0 Å². The van der Waals surface area contributed by atoms with Crippen molar-refractivity contribution < 1.29 is 14.4 Å². The standard InChI is InChI=1S/C29H40N8O3/c1-36-26(12-15-34-36)23-9-5-8-22(18-23)20-33-29(40)25(11-10-21-6-3-2-4-7-21)35-28(39)24(32)19-27(38)37(16-13-30)17-14-31/h2-9,12,15,18,24-25H,10-11,13-14,16-17,19-20,30-32H2,1H3,(H,33,40)(H,35,39). The second kappa shape index (κ2) is 15.5. The van der Waals surface area contributed by atoms with Crippen molar-refractivity contribution in [3.8, 4) is 11.3 Å². The van der Waals surface area contributed by atoms with E-state index in [1.54, 1.807) is 10.9 Å². The van der Waals surface area contributed by atoms with Gasteiger partial charge in [-0.1, -0.05) is 48.5 Å². The van der Waals surface area contributed by atoms with Crippen LogP contribution in [0.5, 0.6) is 0 Å². The Bertz CT molecular complexity index is 1240. The largest absolute Gasteiger partial charge is 0.350 e. The fourth-order valence-electron chi connectivity index (χ4n) is 4.40. The molecule has 1 aromatic heterocycles. The first kappa shape index (κ1) is 30.5. The summed E-state index contributed by atoms with van der Waals surface area (Å²) in [5.74, 6) is -1.21. The van der Waals surface area contributed by atoms with E-state index in [4.69, 9.17) is 17.2 Å². The van der Waals surface area contributed by atoms with Crippen molar-refractivity contribution in [2.75, 3.05) is 26.2 Å². The third-order valence-corrected chi connectivity index (χ3v) is 6.59. The highest BCUT2D eigenvalue weighted by atomic mass is 16.2. The smallest absolute Gasteiger partial charge is 0.242 e. The highest BCUT2D eigenvalue weighted by Gasteiger charge is 2.26. The molecule has 8 N–H and O–H groups in total. The lowest BCUT2D eigenvalue weighted by molar-refractivity contribution is -0.135. The van der Waals surface area contributed by atoms with Crippen molar-refractivity contribution in [2.24, 2.45) is 24.2 Å². The van der Waals surface area contributed by atoms with Crippen molar-refractivity contribution in [1.82, 2.24) is 25.3 Å². The molecule has 3 rings (SSSR count). The predicted molar refractivity (Wildman–Crippen MR) is 154 cm³/mol. The second-order valence-electron chi connectivity index (χ2n) is 9.61. The van der Waals surface area contributed by atoms with Crippen molar-refractivity contribution in [1.29, 1.82) is 0 Å². The number of rotatable bonds is 15. The van der Waals surface area contributed by atoms with Crippen LogP contribution >= 0.6 is 0 Å². The Labute approximate surface area is 235 Å². The quantitative estimate of drug-likeness (QED) is 0.181. The summed E-state index contributed by atoms with van der Waals surface area (Å²) in [6.07, 6.45) is 2.46. The van der Waals surface area contributed by atoms with Gasteiger partial charge in [-0.15, -0.1) is 0 Å².